The number of allylic oxidation sites excluding steroid dienone is 1. The Hall–Kier alpha value is -2.14. The number of benzene rings is 1. The van der Waals surface area contributed by atoms with Crippen molar-refractivity contribution in [2.45, 2.75) is 46.6 Å². The summed E-state index contributed by atoms with van der Waals surface area (Å²) in [6.07, 6.45) is 3.09. The number of hydrogen-bond donors (Lipinski definition) is 2. The third-order valence-corrected chi connectivity index (χ3v) is 3.88. The Bertz CT molecular complexity index is 824. The fraction of sp³-hybridized carbons (Fsp3) is 0.389. The lowest BCUT2D eigenvalue weighted by Gasteiger charge is -2.25. The number of rotatable bonds is 2. The molecule has 2 aromatic rings. The minimum Gasteiger partial charge on any atom is -0.330 e. The Morgan fingerprint density at radius 3 is 2.58 bits per heavy atom. The Morgan fingerprint density at radius 2 is 1.92 bits per heavy atom. The van der Waals surface area contributed by atoms with E-state index in [1.54, 1.807) is 0 Å². The van der Waals surface area contributed by atoms with Crippen LogP contribution < -0.4 is 10.6 Å². The molecule has 128 valence electrons. The third-order valence-electron chi connectivity index (χ3n) is 3.88. The van der Waals surface area contributed by atoms with Crippen LogP contribution in [0.5, 0.6) is 0 Å². The second-order valence-corrected chi connectivity index (χ2v) is 6.53. The maximum atomic E-state index is 4.65. The summed E-state index contributed by atoms with van der Waals surface area (Å²) >= 11 is 0. The van der Waals surface area contributed by atoms with Gasteiger partial charge in [-0.3, -0.25) is 5.32 Å². The van der Waals surface area contributed by atoms with E-state index < -0.39 is 0 Å². The van der Waals surface area contributed by atoms with Gasteiger partial charge in [-0.2, -0.15) is 0 Å². The van der Waals surface area contributed by atoms with Crippen molar-refractivity contribution in [2.75, 3.05) is 5.32 Å². The van der Waals surface area contributed by atoms with Gasteiger partial charge in [0.1, 0.15) is 0 Å². The summed E-state index contributed by atoms with van der Waals surface area (Å²) in [7, 11) is 0. The van der Waals surface area contributed by atoms with Crippen LogP contribution in [0.2, 0.25) is 0 Å². The average Bonchev–Trinajstić information content (AvgIpc) is 2.44. The van der Waals surface area contributed by atoms with Crippen molar-refractivity contribution < 1.29 is 0 Å². The third kappa shape index (κ3) is 3.85. The number of hydrogen-bond acceptors (Lipinski definition) is 5. The molecule has 0 radical (unpaired) electrons. The van der Waals surface area contributed by atoms with Crippen LogP contribution in [0.25, 0.3) is 10.9 Å². The van der Waals surface area contributed by atoms with Crippen molar-refractivity contribution in [3.05, 3.63) is 41.2 Å². The fourth-order valence-corrected chi connectivity index (χ4v) is 2.88. The number of guanidine groups is 1. The summed E-state index contributed by atoms with van der Waals surface area (Å²) in [5.74, 6) is 1.25. The summed E-state index contributed by atoms with van der Waals surface area (Å²) in [6, 6.07) is 6.36. The number of aliphatic imine (C=N–C) groups is 1. The van der Waals surface area contributed by atoms with E-state index in [0.717, 1.165) is 28.7 Å². The molecule has 2 N–H and O–H groups in total. The molecule has 1 aromatic heterocycles. The quantitative estimate of drug-likeness (QED) is 0.864. The Balaban J connectivity index is 0.00000208. The van der Waals surface area contributed by atoms with Gasteiger partial charge in [0.05, 0.1) is 16.7 Å². The Morgan fingerprint density at radius 1 is 1.17 bits per heavy atom. The number of aromatic nitrogens is 2. The minimum absolute atomic E-state index is 0. The maximum Gasteiger partial charge on any atom is 0.230 e. The van der Waals surface area contributed by atoms with Crippen LogP contribution in [0, 0.1) is 6.92 Å². The maximum absolute atomic E-state index is 4.65. The van der Waals surface area contributed by atoms with E-state index in [0.29, 0.717) is 11.9 Å². The predicted molar refractivity (Wildman–Crippen MR) is 103 cm³/mol. The molecular formula is C18H24ClN5. The summed E-state index contributed by atoms with van der Waals surface area (Å²) in [5, 5.41) is 7.53. The van der Waals surface area contributed by atoms with Gasteiger partial charge in [0.15, 0.2) is 0 Å². The molecule has 0 unspecified atom stereocenters. The van der Waals surface area contributed by atoms with Gasteiger partial charge in [-0.25, -0.2) is 15.0 Å². The van der Waals surface area contributed by atoms with Gasteiger partial charge in [-0.05, 0) is 51.8 Å². The largest absolute Gasteiger partial charge is 0.330 e. The summed E-state index contributed by atoms with van der Waals surface area (Å²) in [5.41, 5.74) is 4.03. The molecule has 0 bridgehead atoms. The number of fused-ring (bicyclic) bond motifs is 1. The van der Waals surface area contributed by atoms with Gasteiger partial charge in [0.25, 0.3) is 0 Å². The summed E-state index contributed by atoms with van der Waals surface area (Å²) in [6.45, 7) is 10.3. The van der Waals surface area contributed by atoms with Gasteiger partial charge >= 0.3 is 0 Å². The molecule has 24 heavy (non-hydrogen) atoms. The zero-order valence-corrected chi connectivity index (χ0v) is 15.6. The Kier molecular flexibility index (Phi) is 5.13. The van der Waals surface area contributed by atoms with E-state index >= 15 is 0 Å². The average molecular weight is 346 g/mol. The van der Waals surface area contributed by atoms with Crippen molar-refractivity contribution in [2.24, 2.45) is 4.99 Å². The van der Waals surface area contributed by atoms with E-state index in [9.17, 15) is 0 Å². The standard InChI is InChI=1S/C18H23N5.ClH/c1-6-13-7-8-14-12(3)20-16(21-15(14)9-13)22-17-19-11(2)10-18(4,5)23-17;/h7-10H,6H2,1-5H3,(H2,19,20,21,22,23);1H. The smallest absolute Gasteiger partial charge is 0.230 e. The predicted octanol–water partition coefficient (Wildman–Crippen LogP) is 3.98. The number of aryl methyl sites for hydroxylation is 2. The highest BCUT2D eigenvalue weighted by molar-refractivity contribution is 5.95. The first-order chi connectivity index (χ1) is 10.9. The van der Waals surface area contributed by atoms with Crippen LogP contribution >= 0.6 is 12.4 Å². The number of nitrogens with zero attached hydrogens (tertiary/aromatic N) is 3. The van der Waals surface area contributed by atoms with Crippen LogP contribution in [0.15, 0.2) is 35.0 Å². The van der Waals surface area contributed by atoms with E-state index in [2.05, 4.69) is 70.6 Å². The molecule has 1 aliphatic rings. The minimum atomic E-state index is -0.237. The van der Waals surface area contributed by atoms with E-state index in [1.807, 2.05) is 13.8 Å². The highest BCUT2D eigenvalue weighted by atomic mass is 35.5. The highest BCUT2D eigenvalue weighted by Crippen LogP contribution is 2.20. The van der Waals surface area contributed by atoms with E-state index in [1.165, 1.54) is 5.56 Å². The molecule has 3 rings (SSSR count). The van der Waals surface area contributed by atoms with Crippen LogP contribution in [0.4, 0.5) is 5.95 Å². The zero-order valence-electron chi connectivity index (χ0n) is 14.8. The number of anilines is 1. The van der Waals surface area contributed by atoms with Crippen molar-refractivity contribution in [1.82, 2.24) is 15.3 Å². The van der Waals surface area contributed by atoms with Crippen LogP contribution in [-0.2, 0) is 6.42 Å². The molecular weight excluding hydrogens is 322 g/mol. The first-order valence-electron chi connectivity index (χ1n) is 7.97. The molecule has 0 fully saturated rings. The van der Waals surface area contributed by atoms with Gasteiger partial charge in [-0.15, -0.1) is 12.4 Å². The first kappa shape index (κ1) is 18.2. The Labute approximate surface area is 149 Å². The van der Waals surface area contributed by atoms with Gasteiger partial charge < -0.3 is 5.32 Å². The van der Waals surface area contributed by atoms with Crippen LogP contribution in [0.3, 0.4) is 0 Å². The van der Waals surface area contributed by atoms with E-state index in [-0.39, 0.29) is 17.9 Å². The SMILES string of the molecule is CCc1ccc2c(C)nc(NC3=NC(C)(C)C=C(C)N3)nc2c1.Cl. The molecule has 0 atom stereocenters. The van der Waals surface area contributed by atoms with Crippen molar-refractivity contribution in [1.29, 1.82) is 0 Å². The number of nitrogens with one attached hydrogen (secondary N) is 2. The molecule has 0 amide bonds. The highest BCUT2D eigenvalue weighted by Gasteiger charge is 2.20. The second kappa shape index (κ2) is 6.77. The molecule has 6 heteroatoms. The lowest BCUT2D eigenvalue weighted by Crippen LogP contribution is -2.38. The number of halogens is 1. The second-order valence-electron chi connectivity index (χ2n) is 6.53. The van der Waals surface area contributed by atoms with Crippen LogP contribution in [0.1, 0.15) is 39.0 Å². The molecule has 1 aromatic carbocycles. The molecule has 0 spiro atoms. The molecule has 0 aliphatic carbocycles. The first-order valence-corrected chi connectivity index (χ1v) is 7.97. The van der Waals surface area contributed by atoms with Crippen molar-refractivity contribution in [3.63, 3.8) is 0 Å². The molecule has 1 aliphatic heterocycles. The lowest BCUT2D eigenvalue weighted by molar-refractivity contribution is 0.631. The zero-order chi connectivity index (χ0) is 16.6. The molecule has 0 saturated heterocycles. The molecule has 2 heterocycles. The van der Waals surface area contributed by atoms with Crippen molar-refractivity contribution in [3.8, 4) is 0 Å². The molecule has 0 saturated carbocycles. The fourth-order valence-electron chi connectivity index (χ4n) is 2.88. The normalized spacial score (nSPS) is 15.9. The monoisotopic (exact) mass is 345 g/mol. The van der Waals surface area contributed by atoms with Gasteiger partial charge in [0.2, 0.25) is 11.9 Å². The summed E-state index contributed by atoms with van der Waals surface area (Å²) in [4.78, 5) is 13.9. The van der Waals surface area contributed by atoms with E-state index in [4.69, 9.17) is 0 Å². The van der Waals surface area contributed by atoms with Gasteiger partial charge in [0, 0.05) is 11.1 Å². The van der Waals surface area contributed by atoms with Crippen molar-refractivity contribution >= 4 is 35.2 Å². The topological polar surface area (TPSA) is 62.2 Å². The molecule has 5 nitrogen and oxygen atoms in total. The van der Waals surface area contributed by atoms with Gasteiger partial charge in [-0.1, -0.05) is 19.1 Å². The lowest BCUT2D eigenvalue weighted by atomic mass is 10.0. The summed E-state index contributed by atoms with van der Waals surface area (Å²) < 4.78 is 0. The van der Waals surface area contributed by atoms with Crippen LogP contribution in [-0.4, -0.2) is 21.5 Å².